The second-order valence-electron chi connectivity index (χ2n) is 13.6. The lowest BCUT2D eigenvalue weighted by atomic mass is 9.83. The van der Waals surface area contributed by atoms with Crippen LogP contribution in [0, 0.1) is 10.8 Å². The minimum absolute atomic E-state index is 0. The quantitative estimate of drug-likeness (QED) is 0.0226. The van der Waals surface area contributed by atoms with Crippen molar-refractivity contribution in [1.29, 1.82) is 0 Å². The third-order valence-corrected chi connectivity index (χ3v) is 10.2. The van der Waals surface area contributed by atoms with E-state index < -0.39 is 85.4 Å². The summed E-state index contributed by atoms with van der Waals surface area (Å²) in [4.78, 5) is 87.2. The van der Waals surface area contributed by atoms with Gasteiger partial charge in [-0.3, -0.25) is 33.1 Å². The zero-order chi connectivity index (χ0) is 41.6. The lowest BCUT2D eigenvalue weighted by molar-refractivity contribution is -0.227. The van der Waals surface area contributed by atoms with E-state index in [-0.39, 0.29) is 72.8 Å². The molecule has 1 rings (SSSR count). The molecule has 0 aliphatic rings. The van der Waals surface area contributed by atoms with E-state index in [2.05, 4.69) is 50.0 Å². The normalized spacial score (nSPS) is 15.3. The molecule has 0 N–H and O–H groups in total. The van der Waals surface area contributed by atoms with E-state index in [0.29, 0.717) is 19.1 Å². The van der Waals surface area contributed by atoms with Crippen LogP contribution in [0.4, 0.5) is 0 Å². The Kier molecular flexibility index (Phi) is 29.2. The summed E-state index contributed by atoms with van der Waals surface area (Å²) in [6.45, 7) is 10.4. The number of benzene rings is 1. The van der Waals surface area contributed by atoms with E-state index in [9.17, 15) is 42.9 Å². The summed E-state index contributed by atoms with van der Waals surface area (Å²) in [5.41, 5.74) is -2.70. The number of aldehydes is 1. The molecule has 0 saturated carbocycles. The molecule has 0 saturated heterocycles. The first-order valence-corrected chi connectivity index (χ1v) is 21.2. The Morgan fingerprint density at radius 2 is 0.897 bits per heavy atom. The Balaban J connectivity index is -0.00000364. The molecule has 58 heavy (non-hydrogen) atoms. The largest absolute Gasteiger partial charge is 0.756 e. The van der Waals surface area contributed by atoms with E-state index in [1.54, 1.807) is 13.8 Å². The number of ether oxygens (including phenoxy) is 4. The molecule has 1 aromatic rings. The van der Waals surface area contributed by atoms with E-state index in [1.807, 2.05) is 0 Å². The summed E-state index contributed by atoms with van der Waals surface area (Å²) >= 11 is 6.54. The van der Waals surface area contributed by atoms with Gasteiger partial charge in [0, 0.05) is 11.6 Å². The zero-order valence-electron chi connectivity index (χ0n) is 31.5. The molecule has 0 aliphatic carbocycles. The standard InChI is InChI=1S/C33H50Br2O17P2.4CH4/c1-9-11-47-53(41,42)49-15-13-45-28(39)32(7,34)21-30(3,4)26(37)51-24-17-23(20-36)18-25(19-24)52-27(38)31(5,6)22-33(8,35)29(40)46-14-16-50-54(43,44)48-12-10-2;;;;/h17-20H,9-16,21-22H2,1-8H3,(H,41,42)(H,43,44);4*1H4/p-2. The van der Waals surface area contributed by atoms with Gasteiger partial charge in [0.25, 0.3) is 15.6 Å². The molecule has 21 heteroatoms. The summed E-state index contributed by atoms with van der Waals surface area (Å²) in [6.07, 6.45) is 1.03. The van der Waals surface area contributed by atoms with E-state index in [0.717, 1.165) is 0 Å². The van der Waals surface area contributed by atoms with Gasteiger partial charge in [-0.05, 0) is 79.4 Å². The Bertz CT molecular complexity index is 1460. The first-order valence-electron chi connectivity index (χ1n) is 16.7. The smallest absolute Gasteiger partial charge is 0.322 e. The van der Waals surface area contributed by atoms with Crippen molar-refractivity contribution < 1.29 is 79.9 Å². The lowest BCUT2D eigenvalue weighted by Gasteiger charge is -2.31. The van der Waals surface area contributed by atoms with Crippen LogP contribution >= 0.6 is 47.5 Å². The van der Waals surface area contributed by atoms with Gasteiger partial charge in [0.15, 0.2) is 0 Å². The summed E-state index contributed by atoms with van der Waals surface area (Å²) in [7, 11) is -9.08. The maximum atomic E-state index is 13.3. The number of phosphoric ester groups is 2. The average Bonchev–Trinajstić information content (AvgIpc) is 3.05. The van der Waals surface area contributed by atoms with Crippen LogP contribution in [0.2, 0.25) is 0 Å². The van der Waals surface area contributed by atoms with Crippen LogP contribution in [0.15, 0.2) is 18.2 Å². The summed E-state index contributed by atoms with van der Waals surface area (Å²) in [5.74, 6) is -3.58. The molecule has 0 amide bonds. The first kappa shape index (κ1) is 62.6. The van der Waals surface area contributed by atoms with Crippen LogP contribution in [0.1, 0.15) is 121 Å². The molecular weight excluding hydrogens is 938 g/mol. The Morgan fingerprint density at radius 3 is 1.19 bits per heavy atom. The fourth-order valence-electron chi connectivity index (χ4n) is 4.57. The second-order valence-corrected chi connectivity index (χ2v) is 20.0. The molecule has 4 atom stereocenters. The molecular formula is C37H64Br2O17P2-2. The minimum atomic E-state index is -4.54. The average molecular weight is 1000 g/mol. The summed E-state index contributed by atoms with van der Waals surface area (Å²) in [6, 6.07) is 3.68. The highest BCUT2D eigenvalue weighted by molar-refractivity contribution is 9.10. The number of alkyl halides is 2. The fourth-order valence-corrected chi connectivity index (χ4v) is 7.76. The van der Waals surface area contributed by atoms with Crippen molar-refractivity contribution >= 4 is 77.7 Å². The van der Waals surface area contributed by atoms with Crippen LogP contribution in [0.5, 0.6) is 11.5 Å². The highest BCUT2D eigenvalue weighted by Gasteiger charge is 2.44. The van der Waals surface area contributed by atoms with Crippen molar-refractivity contribution in [2.45, 2.75) is 119 Å². The van der Waals surface area contributed by atoms with Crippen LogP contribution in [-0.2, 0) is 55.9 Å². The van der Waals surface area contributed by atoms with E-state index in [1.165, 1.54) is 59.7 Å². The van der Waals surface area contributed by atoms with Gasteiger partial charge in [0.2, 0.25) is 0 Å². The Hall–Kier alpha value is -2.05. The molecule has 0 aromatic heterocycles. The molecule has 340 valence electrons. The van der Waals surface area contributed by atoms with Gasteiger partial charge in [-0.15, -0.1) is 0 Å². The zero-order valence-corrected chi connectivity index (χ0v) is 36.4. The van der Waals surface area contributed by atoms with E-state index in [4.69, 9.17) is 18.9 Å². The van der Waals surface area contributed by atoms with Crippen molar-refractivity contribution in [3.8, 4) is 11.5 Å². The van der Waals surface area contributed by atoms with Gasteiger partial charge < -0.3 is 46.8 Å². The monoisotopic (exact) mass is 1000 g/mol. The molecule has 4 unspecified atom stereocenters. The second kappa shape index (κ2) is 27.0. The van der Waals surface area contributed by atoms with Crippen LogP contribution < -0.4 is 19.3 Å². The molecule has 0 fully saturated rings. The maximum absolute atomic E-state index is 13.3. The predicted molar refractivity (Wildman–Crippen MR) is 223 cm³/mol. The third-order valence-electron chi connectivity index (χ3n) is 7.00. The highest BCUT2D eigenvalue weighted by Crippen LogP contribution is 2.41. The lowest BCUT2D eigenvalue weighted by Crippen LogP contribution is -2.41. The first-order chi connectivity index (χ1) is 24.7. The van der Waals surface area contributed by atoms with Crippen molar-refractivity contribution in [1.82, 2.24) is 0 Å². The van der Waals surface area contributed by atoms with Gasteiger partial charge in [-0.2, -0.15) is 0 Å². The molecule has 0 aliphatic heterocycles. The van der Waals surface area contributed by atoms with Crippen molar-refractivity contribution in [3.63, 3.8) is 0 Å². The third kappa shape index (κ3) is 22.5. The predicted octanol–water partition coefficient (Wildman–Crippen LogP) is 7.90. The minimum Gasteiger partial charge on any atom is -0.756 e. The number of halogens is 2. The molecule has 1 aromatic carbocycles. The molecule has 0 radical (unpaired) electrons. The van der Waals surface area contributed by atoms with Crippen LogP contribution in [0.3, 0.4) is 0 Å². The van der Waals surface area contributed by atoms with Crippen molar-refractivity contribution in [3.05, 3.63) is 23.8 Å². The number of carbonyl (C=O) groups is 5. The topological polar surface area (TPSA) is 239 Å². The van der Waals surface area contributed by atoms with Crippen LogP contribution in [-0.4, -0.2) is 78.5 Å². The van der Waals surface area contributed by atoms with Gasteiger partial charge in [-0.1, -0.05) is 75.4 Å². The molecule has 17 nitrogen and oxygen atoms in total. The molecule has 0 bridgehead atoms. The van der Waals surface area contributed by atoms with Crippen LogP contribution in [0.25, 0.3) is 0 Å². The van der Waals surface area contributed by atoms with Crippen molar-refractivity contribution in [2.75, 3.05) is 39.6 Å². The Morgan fingerprint density at radius 1 is 0.586 bits per heavy atom. The fraction of sp³-hybridized carbons (Fsp3) is 0.703. The Labute approximate surface area is 361 Å². The number of rotatable bonds is 25. The number of carbonyl (C=O) groups excluding carboxylic acids is 5. The molecule has 0 spiro atoms. The number of phosphoric acid groups is 2. The van der Waals surface area contributed by atoms with Gasteiger partial charge in [0.1, 0.15) is 39.6 Å². The maximum Gasteiger partial charge on any atom is 0.322 e. The number of hydrogen-bond acceptors (Lipinski definition) is 17. The highest BCUT2D eigenvalue weighted by atomic mass is 79.9. The number of hydrogen-bond donors (Lipinski definition) is 0. The van der Waals surface area contributed by atoms with Gasteiger partial charge >= 0.3 is 23.9 Å². The number of esters is 4. The SMILES string of the molecule is C.C.C.C.CCCOP(=O)([O-])OCCOC(=O)C(C)(Br)CC(C)(C)C(=O)Oc1cc(C=O)cc(OC(=O)C(C)(C)CC(C)(Br)C(=O)OCCOP(=O)([O-])OCCC)c1. The summed E-state index contributed by atoms with van der Waals surface area (Å²) in [5, 5.41) is 0. The van der Waals surface area contributed by atoms with E-state index >= 15 is 0 Å². The molecule has 0 heterocycles. The van der Waals surface area contributed by atoms with Crippen molar-refractivity contribution in [2.24, 2.45) is 10.8 Å². The summed E-state index contributed by atoms with van der Waals surface area (Å²) < 4.78 is 60.3. The van der Waals surface area contributed by atoms with Gasteiger partial charge in [-0.25, -0.2) is 0 Å². The van der Waals surface area contributed by atoms with Gasteiger partial charge in [0.05, 0.1) is 37.3 Å².